The topological polar surface area (TPSA) is 62.5 Å². The predicted molar refractivity (Wildman–Crippen MR) is 58.6 cm³/mol. The van der Waals surface area contributed by atoms with Crippen LogP contribution >= 0.6 is 0 Å². The molecule has 0 atom stereocenters. The Labute approximate surface area is 88.1 Å². The van der Waals surface area contributed by atoms with Crippen molar-refractivity contribution in [3.63, 3.8) is 0 Å². The molecular weight excluding hydrogens is 192 g/mol. The third kappa shape index (κ3) is 4.17. The Morgan fingerprint density at radius 1 is 1.40 bits per heavy atom. The summed E-state index contributed by atoms with van der Waals surface area (Å²) in [5.41, 5.74) is 1.70. The minimum absolute atomic E-state index is 0.00488. The summed E-state index contributed by atoms with van der Waals surface area (Å²) in [6.45, 7) is 1.43. The van der Waals surface area contributed by atoms with Gasteiger partial charge in [-0.05, 0) is 18.1 Å². The summed E-state index contributed by atoms with van der Waals surface area (Å²) >= 11 is 0. The fourth-order valence-electron chi connectivity index (χ4n) is 0.905. The zero-order valence-electron chi connectivity index (χ0n) is 8.43. The van der Waals surface area contributed by atoms with Gasteiger partial charge in [0, 0.05) is 6.21 Å². The summed E-state index contributed by atoms with van der Waals surface area (Å²) in [5, 5.41) is 10.6. The molecule has 0 bridgehead atoms. The molecule has 0 aliphatic rings. The van der Waals surface area contributed by atoms with Gasteiger partial charge in [0.05, 0.1) is 6.21 Å². The number of nitrogens with zero attached hydrogens (tertiary/aromatic N) is 1. The maximum absolute atomic E-state index is 10.5. The number of rotatable bonds is 5. The predicted octanol–water partition coefficient (Wildman–Crippen LogP) is 1.62. The molecule has 1 N–H and O–H groups in total. The fraction of sp³-hybridized carbons (Fsp3) is 0.182. The van der Waals surface area contributed by atoms with Crippen LogP contribution in [-0.4, -0.2) is 24.8 Å². The van der Waals surface area contributed by atoms with E-state index in [1.54, 1.807) is 12.1 Å². The highest BCUT2D eigenvalue weighted by atomic mass is 16.6. The Hall–Kier alpha value is -1.97. The molecule has 0 aliphatic heterocycles. The van der Waals surface area contributed by atoms with Crippen LogP contribution < -0.4 is 0 Å². The lowest BCUT2D eigenvalue weighted by atomic mass is 10.2. The average Bonchev–Trinajstić information content (AvgIpc) is 2.25. The lowest BCUT2D eigenvalue weighted by molar-refractivity contribution is -0.121. The van der Waals surface area contributed by atoms with Crippen LogP contribution in [0.25, 0.3) is 0 Å². The third-order valence-corrected chi connectivity index (χ3v) is 1.65. The minimum Gasteiger partial charge on any atom is -0.388 e. The monoisotopic (exact) mass is 204 g/mol. The maximum Gasteiger partial charge on any atom is 0.174 e. The number of carbonyl (C=O) groups is 1. The van der Waals surface area contributed by atoms with Crippen LogP contribution in [0.2, 0.25) is 0 Å². The second-order valence-electron chi connectivity index (χ2n) is 3.02. The summed E-state index contributed by atoms with van der Waals surface area (Å²) in [6, 6.07) is 7.25. The van der Waals surface area contributed by atoms with Gasteiger partial charge in [-0.3, -0.25) is 4.79 Å². The van der Waals surface area contributed by atoms with Gasteiger partial charge in [-0.25, -0.2) is 0 Å². The van der Waals surface area contributed by atoms with E-state index in [9.17, 15) is 4.79 Å². The first-order chi connectivity index (χ1) is 7.22. The second-order valence-corrected chi connectivity index (χ2v) is 3.02. The van der Waals surface area contributed by atoms with Crippen LogP contribution in [-0.2, 0) is 9.63 Å². The molecule has 0 saturated heterocycles. The molecule has 0 aromatic heterocycles. The van der Waals surface area contributed by atoms with Gasteiger partial charge in [0.25, 0.3) is 0 Å². The van der Waals surface area contributed by atoms with Gasteiger partial charge in [0.15, 0.2) is 12.4 Å². The van der Waals surface area contributed by atoms with E-state index in [0.29, 0.717) is 0 Å². The van der Waals surface area contributed by atoms with Crippen molar-refractivity contribution in [2.75, 3.05) is 6.61 Å². The van der Waals surface area contributed by atoms with Crippen molar-refractivity contribution in [1.29, 1.82) is 5.41 Å². The SMILES string of the molecule is CC(=O)CO/N=C/c1ccc(C=N)cc1. The van der Waals surface area contributed by atoms with E-state index < -0.39 is 0 Å². The molecule has 1 rings (SSSR count). The van der Waals surface area contributed by atoms with Gasteiger partial charge >= 0.3 is 0 Å². The summed E-state index contributed by atoms with van der Waals surface area (Å²) in [4.78, 5) is 15.2. The molecule has 15 heavy (non-hydrogen) atoms. The first kappa shape index (κ1) is 11.1. The normalized spacial score (nSPS) is 10.2. The van der Waals surface area contributed by atoms with Crippen molar-refractivity contribution in [1.82, 2.24) is 0 Å². The molecule has 0 spiro atoms. The largest absolute Gasteiger partial charge is 0.388 e. The lowest BCUT2D eigenvalue weighted by Gasteiger charge is -1.95. The number of ketones is 1. The Morgan fingerprint density at radius 3 is 2.53 bits per heavy atom. The zero-order valence-corrected chi connectivity index (χ0v) is 8.43. The van der Waals surface area contributed by atoms with Crippen molar-refractivity contribution in [3.8, 4) is 0 Å². The van der Waals surface area contributed by atoms with E-state index in [1.165, 1.54) is 19.4 Å². The van der Waals surface area contributed by atoms with Crippen molar-refractivity contribution >= 4 is 18.2 Å². The zero-order chi connectivity index (χ0) is 11.1. The Morgan fingerprint density at radius 2 is 2.00 bits per heavy atom. The first-order valence-electron chi connectivity index (χ1n) is 4.47. The van der Waals surface area contributed by atoms with Crippen LogP contribution in [0, 0.1) is 5.41 Å². The maximum atomic E-state index is 10.5. The molecule has 1 aromatic rings. The van der Waals surface area contributed by atoms with Crippen molar-refractivity contribution < 1.29 is 9.63 Å². The summed E-state index contributed by atoms with van der Waals surface area (Å²) in [5.74, 6) is -0.0636. The highest BCUT2D eigenvalue weighted by Crippen LogP contribution is 1.99. The summed E-state index contributed by atoms with van der Waals surface area (Å²) in [6.07, 6.45) is 2.80. The van der Waals surface area contributed by atoms with E-state index in [2.05, 4.69) is 5.16 Å². The van der Waals surface area contributed by atoms with Gasteiger partial charge < -0.3 is 10.2 Å². The molecule has 0 radical (unpaired) electrons. The van der Waals surface area contributed by atoms with E-state index in [0.717, 1.165) is 11.1 Å². The molecule has 0 amide bonds. The number of hydrogen-bond donors (Lipinski definition) is 1. The first-order valence-corrected chi connectivity index (χ1v) is 4.47. The lowest BCUT2D eigenvalue weighted by Crippen LogP contribution is -1.99. The number of Topliss-reactive ketones (excluding diaryl/α,β-unsaturated/α-hetero) is 1. The summed E-state index contributed by atoms with van der Waals surface area (Å²) < 4.78 is 0. The van der Waals surface area contributed by atoms with Crippen LogP contribution in [0.4, 0.5) is 0 Å². The van der Waals surface area contributed by atoms with Crippen molar-refractivity contribution in [2.24, 2.45) is 5.16 Å². The van der Waals surface area contributed by atoms with E-state index >= 15 is 0 Å². The third-order valence-electron chi connectivity index (χ3n) is 1.65. The minimum atomic E-state index is -0.0636. The molecule has 0 unspecified atom stereocenters. The molecule has 78 valence electrons. The molecule has 0 heterocycles. The Bertz CT molecular complexity index is 369. The molecule has 0 saturated carbocycles. The molecular formula is C11H12N2O2. The van der Waals surface area contributed by atoms with E-state index in [1.807, 2.05) is 12.1 Å². The van der Waals surface area contributed by atoms with Crippen LogP contribution in [0.5, 0.6) is 0 Å². The van der Waals surface area contributed by atoms with E-state index in [-0.39, 0.29) is 12.4 Å². The van der Waals surface area contributed by atoms with Gasteiger partial charge in [0.2, 0.25) is 0 Å². The highest BCUT2D eigenvalue weighted by Gasteiger charge is 1.91. The van der Waals surface area contributed by atoms with Crippen molar-refractivity contribution in [2.45, 2.75) is 6.92 Å². The quantitative estimate of drug-likeness (QED) is 0.585. The number of carbonyl (C=O) groups excluding carboxylic acids is 1. The van der Waals surface area contributed by atoms with Crippen molar-refractivity contribution in [3.05, 3.63) is 35.4 Å². The van der Waals surface area contributed by atoms with Gasteiger partial charge in [-0.15, -0.1) is 0 Å². The summed E-state index contributed by atoms with van der Waals surface area (Å²) in [7, 11) is 0. The molecule has 0 fully saturated rings. The smallest absolute Gasteiger partial charge is 0.174 e. The van der Waals surface area contributed by atoms with E-state index in [4.69, 9.17) is 10.2 Å². The molecule has 4 heteroatoms. The molecule has 1 aromatic carbocycles. The second kappa shape index (κ2) is 5.70. The molecule has 4 nitrogen and oxygen atoms in total. The van der Waals surface area contributed by atoms with Gasteiger partial charge in [-0.2, -0.15) is 0 Å². The fourth-order valence-corrected chi connectivity index (χ4v) is 0.905. The Kier molecular flexibility index (Phi) is 4.22. The number of oxime groups is 1. The van der Waals surface area contributed by atoms with Gasteiger partial charge in [0.1, 0.15) is 0 Å². The van der Waals surface area contributed by atoms with Crippen LogP contribution in [0.1, 0.15) is 18.1 Å². The number of hydrogen-bond acceptors (Lipinski definition) is 4. The standard InChI is InChI=1S/C11H12N2O2/c1-9(14)8-15-13-7-11-4-2-10(6-12)3-5-11/h2-7,12H,8H2,1H3/b12-6?,13-7+. The average molecular weight is 204 g/mol. The highest BCUT2D eigenvalue weighted by molar-refractivity contribution is 5.82. The Balaban J connectivity index is 2.49. The molecule has 0 aliphatic carbocycles. The van der Waals surface area contributed by atoms with Crippen LogP contribution in [0.15, 0.2) is 29.4 Å². The van der Waals surface area contributed by atoms with Crippen LogP contribution in [0.3, 0.4) is 0 Å². The number of benzene rings is 1. The van der Waals surface area contributed by atoms with Gasteiger partial charge in [-0.1, -0.05) is 29.4 Å². The number of nitrogens with one attached hydrogen (secondary N) is 1.